The van der Waals surface area contributed by atoms with Gasteiger partial charge in [-0.15, -0.1) is 11.6 Å². The lowest BCUT2D eigenvalue weighted by molar-refractivity contribution is 0.0600. The maximum atomic E-state index is 10.8. The van der Waals surface area contributed by atoms with Crippen LogP contribution in [0.2, 0.25) is 0 Å². The number of aliphatic hydroxyl groups excluding tert-OH is 1. The Kier molecular flexibility index (Phi) is 36.5. The first kappa shape index (κ1) is 55.9. The number of hydrogen-bond acceptors (Lipinski definition) is 9. The van der Waals surface area contributed by atoms with Crippen LogP contribution in [-0.2, 0) is 12.3 Å². The van der Waals surface area contributed by atoms with Gasteiger partial charge in [-0.05, 0) is 84.8 Å². The lowest BCUT2D eigenvalue weighted by Crippen LogP contribution is -2.00. The summed E-state index contributed by atoms with van der Waals surface area (Å²) in [5.74, 6) is -0.331. The van der Waals surface area contributed by atoms with Crippen LogP contribution in [-0.4, -0.2) is 67.3 Å². The molecule has 0 aromatic carbocycles. The Balaban J connectivity index is -0.000000269. The van der Waals surface area contributed by atoms with E-state index >= 15 is 0 Å². The molecule has 0 atom stereocenters. The van der Waals surface area contributed by atoms with Gasteiger partial charge in [0.25, 0.3) is 5.24 Å². The van der Waals surface area contributed by atoms with Crippen LogP contribution >= 0.6 is 92.8 Å². The Hall–Kier alpha value is -2.87. The molecule has 0 aliphatic carbocycles. The van der Waals surface area contributed by atoms with E-state index in [1.807, 2.05) is 19.1 Å². The van der Waals surface area contributed by atoms with Gasteiger partial charge in [0.15, 0.2) is 0 Å². The van der Waals surface area contributed by atoms with Crippen LogP contribution in [0.1, 0.15) is 44.8 Å². The SMILES string of the molecule is C.CCl.CO.COC(=O)c1ccncc1.Cc1ccncc1.ClC(Cl)(Cl)c1ccncc1.ClC(Cl)(Cl)c1ccncc1.O.O=C(Cl)c1ccncc1. The lowest BCUT2D eigenvalue weighted by Gasteiger charge is -2.08. The molecule has 0 bridgehead atoms. The average Bonchev–Trinajstić information content (AvgIpc) is 3.15. The quantitative estimate of drug-likeness (QED) is 0.103. The molecule has 286 valence electrons. The summed E-state index contributed by atoms with van der Waals surface area (Å²) in [5.41, 5.74) is 3.53. The first-order chi connectivity index (χ1) is 23.8. The molecule has 5 aromatic rings. The number of aryl methyl sites for hydroxylation is 1. The number of esters is 1. The number of pyridine rings is 5. The highest BCUT2D eigenvalue weighted by Crippen LogP contribution is 2.38. The summed E-state index contributed by atoms with van der Waals surface area (Å²) in [4.78, 5) is 40.0. The molecule has 0 aliphatic heterocycles. The average molecular weight is 881 g/mol. The number of alkyl halides is 7. The highest BCUT2D eigenvalue weighted by molar-refractivity contribution is 6.68. The normalized spacial score (nSPS) is 9.10. The van der Waals surface area contributed by atoms with Crippen molar-refractivity contribution >= 4 is 104 Å². The van der Waals surface area contributed by atoms with E-state index in [1.54, 1.807) is 98.1 Å². The number of nitrogens with zero attached hydrogens (tertiary/aromatic N) is 5. The zero-order chi connectivity index (χ0) is 38.4. The number of hydrogen-bond donors (Lipinski definition) is 1. The number of halogens is 8. The van der Waals surface area contributed by atoms with Gasteiger partial charge in [-0.3, -0.25) is 29.7 Å². The van der Waals surface area contributed by atoms with Crippen LogP contribution in [0.5, 0.6) is 0 Å². The van der Waals surface area contributed by atoms with Crippen LogP contribution < -0.4 is 0 Å². The lowest BCUT2D eigenvalue weighted by atomic mass is 10.3. The third-order valence-electron chi connectivity index (χ3n) is 4.87. The minimum absolute atomic E-state index is 0. The van der Waals surface area contributed by atoms with Gasteiger partial charge >= 0.3 is 5.97 Å². The van der Waals surface area contributed by atoms with E-state index in [2.05, 4.69) is 41.3 Å². The highest BCUT2D eigenvalue weighted by Gasteiger charge is 2.22. The molecule has 0 spiro atoms. The standard InChI is InChI=1S/C7H7NO2.2C6H4Cl3N.C6H4ClNO.C6H7N.CH3Cl.CH4O.CH4.H2O/c1-10-7(9)6-2-4-8-5-3-6;2*7-6(8,9)5-1-3-10-4-2-5;7-6(9)5-1-3-8-4-2-5;1-6-2-4-7-5-3-6;2*1-2;;/h2-5H,1H3;2*1-4H;1-4H;2-5H,1H3;1H3;2H,1H3;1H4;1H2. The maximum Gasteiger partial charge on any atom is 0.337 e. The maximum absolute atomic E-state index is 10.8. The molecule has 5 heterocycles. The van der Waals surface area contributed by atoms with E-state index in [9.17, 15) is 9.59 Å². The second kappa shape index (κ2) is 33.9. The van der Waals surface area contributed by atoms with Crippen LogP contribution in [0.15, 0.2) is 123 Å². The van der Waals surface area contributed by atoms with E-state index in [0.29, 0.717) is 22.3 Å². The molecule has 0 saturated heterocycles. The van der Waals surface area contributed by atoms with Crippen molar-refractivity contribution in [2.24, 2.45) is 0 Å². The monoisotopic (exact) mass is 877 g/mol. The summed E-state index contributed by atoms with van der Waals surface area (Å²) >= 11 is 43.1. The molecule has 0 saturated carbocycles. The van der Waals surface area contributed by atoms with E-state index in [-0.39, 0.29) is 18.9 Å². The Labute approximate surface area is 344 Å². The first-order valence-electron chi connectivity index (χ1n) is 13.5. The summed E-state index contributed by atoms with van der Waals surface area (Å²) in [6.07, 6.45) is 17.5. The zero-order valence-corrected chi connectivity index (χ0v) is 33.5. The molecule has 18 heteroatoms. The minimum atomic E-state index is -1.33. The van der Waals surface area contributed by atoms with E-state index in [1.165, 1.54) is 31.4 Å². The van der Waals surface area contributed by atoms with Gasteiger partial charge in [-0.25, -0.2) is 4.79 Å². The predicted octanol–water partition coefficient (Wildman–Crippen LogP) is 9.81. The number of ether oxygens (including phenoxy) is 1. The Morgan fingerprint density at radius 2 is 0.808 bits per heavy atom. The Morgan fingerprint density at radius 1 is 0.558 bits per heavy atom. The summed E-state index contributed by atoms with van der Waals surface area (Å²) in [6, 6.07) is 16.9. The molecule has 52 heavy (non-hydrogen) atoms. The zero-order valence-electron chi connectivity index (χ0n) is 27.5. The van der Waals surface area contributed by atoms with Gasteiger partial charge in [0, 0.05) is 92.2 Å². The van der Waals surface area contributed by atoms with Crippen molar-refractivity contribution in [3.8, 4) is 0 Å². The molecule has 0 radical (unpaired) electrons. The van der Waals surface area contributed by atoms with Gasteiger partial charge in [0.1, 0.15) is 0 Å². The van der Waals surface area contributed by atoms with Crippen LogP contribution in [0.3, 0.4) is 0 Å². The molecular formula is C34H39Cl8N5O5. The number of carbonyl (C=O) groups excluding carboxylic acids is 2. The van der Waals surface area contributed by atoms with E-state index in [4.69, 9.17) is 86.3 Å². The fourth-order valence-corrected chi connectivity index (χ4v) is 3.48. The first-order valence-corrected chi connectivity index (χ1v) is 16.9. The van der Waals surface area contributed by atoms with Crippen molar-refractivity contribution in [1.29, 1.82) is 0 Å². The molecule has 0 amide bonds. The topological polar surface area (TPSA) is 160 Å². The molecular weight excluding hydrogens is 842 g/mol. The predicted molar refractivity (Wildman–Crippen MR) is 216 cm³/mol. The van der Waals surface area contributed by atoms with Crippen molar-refractivity contribution in [1.82, 2.24) is 24.9 Å². The molecule has 0 aliphatic rings. The largest absolute Gasteiger partial charge is 0.465 e. The second-order valence-electron chi connectivity index (χ2n) is 8.23. The Bertz CT molecular complexity index is 1490. The second-order valence-corrected chi connectivity index (χ2v) is 13.1. The molecule has 3 N–H and O–H groups in total. The minimum Gasteiger partial charge on any atom is -0.465 e. The summed E-state index contributed by atoms with van der Waals surface area (Å²) in [5, 5.41) is 6.55. The van der Waals surface area contributed by atoms with Crippen molar-refractivity contribution in [3.63, 3.8) is 0 Å². The number of aromatic nitrogens is 5. The summed E-state index contributed by atoms with van der Waals surface area (Å²) in [6.45, 7) is 2.04. The van der Waals surface area contributed by atoms with Crippen molar-refractivity contribution in [2.45, 2.75) is 21.9 Å². The smallest absolute Gasteiger partial charge is 0.337 e. The van der Waals surface area contributed by atoms with Crippen LogP contribution in [0, 0.1) is 6.92 Å². The Morgan fingerprint density at radius 3 is 0.981 bits per heavy atom. The van der Waals surface area contributed by atoms with E-state index in [0.717, 1.165) is 7.11 Å². The van der Waals surface area contributed by atoms with E-state index < -0.39 is 12.8 Å². The van der Waals surface area contributed by atoms with Gasteiger partial charge in [0.05, 0.1) is 12.7 Å². The number of rotatable bonds is 2. The fraction of sp³-hybridized carbons (Fsp3) is 0.206. The fourth-order valence-electron chi connectivity index (χ4n) is 2.60. The van der Waals surface area contributed by atoms with Crippen molar-refractivity contribution in [2.75, 3.05) is 20.6 Å². The van der Waals surface area contributed by atoms with Gasteiger partial charge in [-0.2, -0.15) is 0 Å². The van der Waals surface area contributed by atoms with Crippen molar-refractivity contribution in [3.05, 3.63) is 150 Å². The van der Waals surface area contributed by atoms with Crippen LogP contribution in [0.4, 0.5) is 0 Å². The molecule has 0 unspecified atom stereocenters. The summed E-state index contributed by atoms with van der Waals surface area (Å²) < 4.78 is 1.81. The number of aliphatic hydroxyl groups is 1. The van der Waals surface area contributed by atoms with Gasteiger partial charge in [-0.1, -0.05) is 77.0 Å². The van der Waals surface area contributed by atoms with Crippen LogP contribution in [0.25, 0.3) is 0 Å². The molecule has 0 fully saturated rings. The van der Waals surface area contributed by atoms with Gasteiger partial charge in [0.2, 0.25) is 7.59 Å². The third kappa shape index (κ3) is 28.7. The molecule has 5 rings (SSSR count). The molecule has 10 nitrogen and oxygen atoms in total. The number of methoxy groups -OCH3 is 1. The summed E-state index contributed by atoms with van der Waals surface area (Å²) in [7, 11) is 2.35. The highest BCUT2D eigenvalue weighted by atomic mass is 35.6. The van der Waals surface area contributed by atoms with Crippen molar-refractivity contribution < 1.29 is 24.9 Å². The third-order valence-corrected chi connectivity index (χ3v) is 6.40. The van der Waals surface area contributed by atoms with Gasteiger partial charge < -0.3 is 15.3 Å². The molecule has 5 aromatic heterocycles. The number of carbonyl (C=O) groups is 2.